The van der Waals surface area contributed by atoms with Crippen LogP contribution in [0.2, 0.25) is 5.02 Å². The third-order valence-corrected chi connectivity index (χ3v) is 6.14. The van der Waals surface area contributed by atoms with Crippen molar-refractivity contribution in [3.63, 3.8) is 0 Å². The van der Waals surface area contributed by atoms with Gasteiger partial charge >= 0.3 is 0 Å². The lowest BCUT2D eigenvalue weighted by Gasteiger charge is -2.38. The Morgan fingerprint density at radius 3 is 2.66 bits per heavy atom. The molecule has 0 atom stereocenters. The van der Waals surface area contributed by atoms with Crippen molar-refractivity contribution in [2.75, 3.05) is 19.6 Å². The number of oxime groups is 1. The zero-order valence-corrected chi connectivity index (χ0v) is 18.5. The molecule has 1 amide bonds. The van der Waals surface area contributed by atoms with Gasteiger partial charge in [-0.05, 0) is 36.3 Å². The zero-order chi connectivity index (χ0) is 20.7. The molecule has 1 fully saturated rings. The lowest BCUT2D eigenvalue weighted by molar-refractivity contribution is -0.115. The molecule has 2 aliphatic heterocycles. The summed E-state index contributed by atoms with van der Waals surface area (Å²) in [4.78, 5) is 20.4. The number of hydrogen-bond acceptors (Lipinski definition) is 4. The number of nitrogens with one attached hydrogen (secondary N) is 2. The number of carbonyl (C=O) groups excluding carboxylic acids is 1. The maximum absolute atomic E-state index is 12.5. The molecule has 1 saturated heterocycles. The third-order valence-electron chi connectivity index (χ3n) is 5.49. The van der Waals surface area contributed by atoms with E-state index in [1.807, 2.05) is 24.3 Å². The summed E-state index contributed by atoms with van der Waals surface area (Å²) in [5, 5.41) is 11.8. The number of carbonyl (C=O) groups is 1. The Balaban J connectivity index is 1.41. The van der Waals surface area contributed by atoms with E-state index in [1.54, 1.807) is 0 Å². The number of unbranched alkanes of at least 4 members (excludes halogenated alkanes) is 2. The van der Waals surface area contributed by atoms with Gasteiger partial charge in [0, 0.05) is 50.5 Å². The van der Waals surface area contributed by atoms with Crippen LogP contribution in [0.5, 0.6) is 0 Å². The SMILES string of the molecule is CCCCCNC(=S)N1CCC2(CC1)CC(C(=O)NCc1ccc(Cl)cc1)=NO2. The molecule has 0 radical (unpaired) electrons. The predicted octanol–water partition coefficient (Wildman–Crippen LogP) is 3.63. The molecule has 0 aromatic heterocycles. The smallest absolute Gasteiger partial charge is 0.269 e. The largest absolute Gasteiger partial charge is 0.388 e. The highest BCUT2D eigenvalue weighted by Gasteiger charge is 2.44. The fraction of sp³-hybridized carbons (Fsp3) is 0.571. The molecule has 0 bridgehead atoms. The third kappa shape index (κ3) is 6.06. The Morgan fingerprint density at radius 1 is 1.24 bits per heavy atom. The second-order valence-electron chi connectivity index (χ2n) is 7.72. The van der Waals surface area contributed by atoms with Crippen LogP contribution in [0.25, 0.3) is 0 Å². The summed E-state index contributed by atoms with van der Waals surface area (Å²) in [6.07, 6.45) is 5.71. The van der Waals surface area contributed by atoms with Crippen LogP contribution < -0.4 is 10.6 Å². The van der Waals surface area contributed by atoms with Gasteiger partial charge in [-0.1, -0.05) is 48.7 Å². The number of rotatable bonds is 7. The first-order valence-corrected chi connectivity index (χ1v) is 11.1. The van der Waals surface area contributed by atoms with Crippen molar-refractivity contribution in [2.45, 2.75) is 57.6 Å². The van der Waals surface area contributed by atoms with Gasteiger partial charge in [0.25, 0.3) is 5.91 Å². The molecule has 1 spiro atoms. The van der Waals surface area contributed by atoms with Gasteiger partial charge in [0.05, 0.1) is 0 Å². The van der Waals surface area contributed by atoms with Crippen LogP contribution >= 0.6 is 23.8 Å². The summed E-state index contributed by atoms with van der Waals surface area (Å²) >= 11 is 11.4. The van der Waals surface area contributed by atoms with Gasteiger partial charge in [-0.2, -0.15) is 0 Å². The first kappa shape index (κ1) is 21.8. The van der Waals surface area contributed by atoms with Gasteiger partial charge < -0.3 is 20.4 Å². The van der Waals surface area contributed by atoms with E-state index in [0.717, 1.165) is 49.6 Å². The molecule has 8 heteroatoms. The van der Waals surface area contributed by atoms with E-state index in [1.165, 1.54) is 12.8 Å². The standard InChI is InChI=1S/C21H29ClN4O2S/c1-2-3-4-11-23-20(29)26-12-9-21(10-13-26)14-18(25-28-21)19(27)24-15-16-5-7-17(22)8-6-16/h5-8H,2-4,9-15H2,1H3,(H,23,29)(H,24,27). The summed E-state index contributed by atoms with van der Waals surface area (Å²) in [6, 6.07) is 7.41. The van der Waals surface area contributed by atoms with Crippen molar-refractivity contribution < 1.29 is 9.63 Å². The van der Waals surface area contributed by atoms with E-state index in [2.05, 4.69) is 27.6 Å². The normalized spacial score (nSPS) is 17.6. The monoisotopic (exact) mass is 436 g/mol. The van der Waals surface area contributed by atoms with E-state index in [-0.39, 0.29) is 11.5 Å². The predicted molar refractivity (Wildman–Crippen MR) is 120 cm³/mol. The number of nitrogens with zero attached hydrogens (tertiary/aromatic N) is 2. The Hall–Kier alpha value is -1.86. The van der Waals surface area contributed by atoms with Crippen molar-refractivity contribution in [3.05, 3.63) is 34.9 Å². The van der Waals surface area contributed by atoms with Crippen LogP contribution in [-0.4, -0.2) is 46.9 Å². The number of piperidine rings is 1. The molecule has 2 N–H and O–H groups in total. The average Bonchev–Trinajstić information content (AvgIpc) is 3.14. The minimum Gasteiger partial charge on any atom is -0.388 e. The number of benzene rings is 1. The van der Waals surface area contributed by atoms with Crippen LogP contribution in [0.3, 0.4) is 0 Å². The molecule has 158 valence electrons. The van der Waals surface area contributed by atoms with Crippen LogP contribution in [0.15, 0.2) is 29.4 Å². The van der Waals surface area contributed by atoms with Gasteiger partial charge in [-0.15, -0.1) is 0 Å². The summed E-state index contributed by atoms with van der Waals surface area (Å²) < 4.78 is 0. The van der Waals surface area contributed by atoms with E-state index in [0.29, 0.717) is 23.7 Å². The Labute approximate surface area is 183 Å². The molecule has 0 aliphatic carbocycles. The van der Waals surface area contributed by atoms with Gasteiger partial charge in [0.1, 0.15) is 11.3 Å². The Bertz CT molecular complexity index is 746. The molecule has 0 unspecified atom stereocenters. The van der Waals surface area contributed by atoms with Crippen molar-refractivity contribution in [1.29, 1.82) is 0 Å². The highest BCUT2D eigenvalue weighted by Crippen LogP contribution is 2.34. The van der Waals surface area contributed by atoms with Crippen molar-refractivity contribution >= 4 is 40.6 Å². The van der Waals surface area contributed by atoms with E-state index in [9.17, 15) is 4.79 Å². The fourth-order valence-corrected chi connectivity index (χ4v) is 4.01. The summed E-state index contributed by atoms with van der Waals surface area (Å²) in [7, 11) is 0. The van der Waals surface area contributed by atoms with E-state index >= 15 is 0 Å². The van der Waals surface area contributed by atoms with Gasteiger partial charge in [0.2, 0.25) is 0 Å². The van der Waals surface area contributed by atoms with Crippen LogP contribution in [0.4, 0.5) is 0 Å². The quantitative estimate of drug-likeness (QED) is 0.504. The minimum atomic E-state index is -0.374. The molecule has 0 saturated carbocycles. The zero-order valence-electron chi connectivity index (χ0n) is 16.9. The molecule has 6 nitrogen and oxygen atoms in total. The first-order chi connectivity index (χ1) is 14.0. The van der Waals surface area contributed by atoms with Crippen molar-refractivity contribution in [1.82, 2.24) is 15.5 Å². The molecular weight excluding hydrogens is 408 g/mol. The first-order valence-electron chi connectivity index (χ1n) is 10.3. The Kier molecular flexibility index (Phi) is 7.72. The number of hydrogen-bond donors (Lipinski definition) is 2. The lowest BCUT2D eigenvalue weighted by Crippen LogP contribution is -2.50. The van der Waals surface area contributed by atoms with Crippen molar-refractivity contribution in [3.8, 4) is 0 Å². The maximum atomic E-state index is 12.5. The van der Waals surface area contributed by atoms with Crippen molar-refractivity contribution in [2.24, 2.45) is 5.16 Å². The molecule has 29 heavy (non-hydrogen) atoms. The number of thiocarbonyl (C=S) groups is 1. The van der Waals surface area contributed by atoms with Gasteiger partial charge in [-0.25, -0.2) is 0 Å². The second kappa shape index (κ2) is 10.3. The second-order valence-corrected chi connectivity index (χ2v) is 8.55. The Morgan fingerprint density at radius 2 is 1.97 bits per heavy atom. The molecule has 1 aromatic carbocycles. The average molecular weight is 437 g/mol. The highest BCUT2D eigenvalue weighted by atomic mass is 35.5. The fourth-order valence-electron chi connectivity index (χ4n) is 3.60. The maximum Gasteiger partial charge on any atom is 0.269 e. The summed E-state index contributed by atoms with van der Waals surface area (Å²) in [6.45, 7) is 5.18. The van der Waals surface area contributed by atoms with Gasteiger partial charge in [0.15, 0.2) is 5.11 Å². The number of likely N-dealkylation sites (tertiary alicyclic amines) is 1. The molecule has 2 aliphatic rings. The van der Waals surface area contributed by atoms with Gasteiger partial charge in [-0.3, -0.25) is 4.79 Å². The van der Waals surface area contributed by atoms with Crippen LogP contribution in [-0.2, 0) is 16.2 Å². The number of amides is 1. The van der Waals surface area contributed by atoms with E-state index in [4.69, 9.17) is 28.7 Å². The molecule has 1 aromatic rings. The topological polar surface area (TPSA) is 66.0 Å². The van der Waals surface area contributed by atoms with Crippen LogP contribution in [0, 0.1) is 0 Å². The number of halogens is 1. The molecule has 3 rings (SSSR count). The minimum absolute atomic E-state index is 0.174. The highest BCUT2D eigenvalue weighted by molar-refractivity contribution is 7.80. The summed E-state index contributed by atoms with van der Waals surface area (Å²) in [5.41, 5.74) is 1.08. The summed E-state index contributed by atoms with van der Waals surface area (Å²) in [5.74, 6) is -0.174. The molecule has 2 heterocycles. The molecular formula is C21H29ClN4O2S. The van der Waals surface area contributed by atoms with Crippen LogP contribution in [0.1, 0.15) is 51.0 Å². The van der Waals surface area contributed by atoms with E-state index < -0.39 is 0 Å². The lowest BCUT2D eigenvalue weighted by atomic mass is 9.87.